The topological polar surface area (TPSA) is 95.1 Å². The van der Waals surface area contributed by atoms with Crippen LogP contribution in [0.1, 0.15) is 48.0 Å². The van der Waals surface area contributed by atoms with Crippen molar-refractivity contribution in [2.45, 2.75) is 52.0 Å². The Hall–Kier alpha value is -2.87. The van der Waals surface area contributed by atoms with Crippen LogP contribution in [-0.4, -0.2) is 20.3 Å². The Morgan fingerprint density at radius 2 is 1.97 bits per heavy atom. The number of ketones is 1. The van der Waals surface area contributed by atoms with Crippen LogP contribution < -0.4 is 5.56 Å². The molecule has 2 heterocycles. The molecule has 7 nitrogen and oxygen atoms in total. The standard InChI is InChI=1S/C21H21N3O4S/c1-13(25)10-11-23-18(12-14-6-8-15(9-7-14)24(27)28)22-20-19(21(23)26)16-4-2-3-5-17(16)29-20/h6-9H,2-5,10-12H2,1H3. The highest BCUT2D eigenvalue weighted by molar-refractivity contribution is 7.18. The van der Waals surface area contributed by atoms with Crippen LogP contribution in [-0.2, 0) is 30.6 Å². The highest BCUT2D eigenvalue weighted by Crippen LogP contribution is 2.34. The maximum atomic E-state index is 13.4. The minimum absolute atomic E-state index is 0.0191. The van der Waals surface area contributed by atoms with E-state index in [1.165, 1.54) is 23.9 Å². The first-order valence-corrected chi connectivity index (χ1v) is 10.5. The first-order chi connectivity index (χ1) is 13.9. The molecule has 1 aliphatic carbocycles. The lowest BCUT2D eigenvalue weighted by atomic mass is 9.97. The third kappa shape index (κ3) is 3.85. The Bertz CT molecular complexity index is 1160. The second-order valence-corrected chi connectivity index (χ2v) is 8.51. The van der Waals surface area contributed by atoms with Crippen molar-refractivity contribution >= 4 is 33.0 Å². The smallest absolute Gasteiger partial charge is 0.269 e. The van der Waals surface area contributed by atoms with E-state index in [2.05, 4.69) is 0 Å². The number of aromatic nitrogens is 2. The molecule has 8 heteroatoms. The molecule has 29 heavy (non-hydrogen) atoms. The number of benzene rings is 1. The lowest BCUT2D eigenvalue weighted by molar-refractivity contribution is -0.384. The Labute approximate surface area is 171 Å². The Morgan fingerprint density at radius 3 is 2.66 bits per heavy atom. The lowest BCUT2D eigenvalue weighted by Gasteiger charge is -2.13. The van der Waals surface area contributed by atoms with E-state index in [-0.39, 0.29) is 23.5 Å². The monoisotopic (exact) mass is 411 g/mol. The van der Waals surface area contributed by atoms with Crippen LogP contribution in [0, 0.1) is 10.1 Å². The molecule has 2 aromatic heterocycles. The molecule has 0 unspecified atom stereocenters. The van der Waals surface area contributed by atoms with Crippen LogP contribution in [0.2, 0.25) is 0 Å². The molecule has 0 saturated heterocycles. The predicted octanol–water partition coefficient (Wildman–Crippen LogP) is 3.81. The summed E-state index contributed by atoms with van der Waals surface area (Å²) in [6, 6.07) is 6.28. The van der Waals surface area contributed by atoms with Gasteiger partial charge >= 0.3 is 0 Å². The zero-order valence-corrected chi connectivity index (χ0v) is 17.0. The summed E-state index contributed by atoms with van der Waals surface area (Å²) in [6.45, 7) is 1.81. The number of fused-ring (bicyclic) bond motifs is 3. The average Bonchev–Trinajstić information content (AvgIpc) is 3.06. The number of hydrogen-bond acceptors (Lipinski definition) is 6. The molecule has 0 amide bonds. The Morgan fingerprint density at radius 1 is 1.24 bits per heavy atom. The molecule has 0 N–H and O–H groups in total. The second kappa shape index (κ2) is 7.87. The quantitative estimate of drug-likeness (QED) is 0.454. The molecule has 0 saturated carbocycles. The fourth-order valence-corrected chi connectivity index (χ4v) is 5.10. The SMILES string of the molecule is CC(=O)CCn1c(Cc2ccc([N+](=O)[O-])cc2)nc2sc3c(c2c1=O)CCCC3. The van der Waals surface area contributed by atoms with Gasteiger partial charge in [-0.1, -0.05) is 12.1 Å². The summed E-state index contributed by atoms with van der Waals surface area (Å²) in [5, 5.41) is 11.6. The van der Waals surface area contributed by atoms with E-state index in [1.54, 1.807) is 28.0 Å². The van der Waals surface area contributed by atoms with Gasteiger partial charge in [0.15, 0.2) is 0 Å². The number of aryl methyl sites for hydroxylation is 2. The maximum absolute atomic E-state index is 13.4. The van der Waals surface area contributed by atoms with Crippen LogP contribution in [0.3, 0.4) is 0 Å². The van der Waals surface area contributed by atoms with Crippen molar-refractivity contribution in [1.29, 1.82) is 0 Å². The van der Waals surface area contributed by atoms with E-state index in [4.69, 9.17) is 4.98 Å². The second-order valence-electron chi connectivity index (χ2n) is 7.43. The number of nitro benzene ring substituents is 1. The third-order valence-electron chi connectivity index (χ3n) is 5.35. The first kappa shape index (κ1) is 19.4. The largest absolute Gasteiger partial charge is 0.300 e. The van der Waals surface area contributed by atoms with E-state index in [0.29, 0.717) is 24.2 Å². The van der Waals surface area contributed by atoms with Crippen molar-refractivity contribution < 1.29 is 9.72 Å². The van der Waals surface area contributed by atoms with Crippen LogP contribution in [0.5, 0.6) is 0 Å². The molecule has 0 spiro atoms. The summed E-state index contributed by atoms with van der Waals surface area (Å²) < 4.78 is 1.62. The van der Waals surface area contributed by atoms with Crippen LogP contribution in [0.25, 0.3) is 10.2 Å². The number of hydrogen-bond donors (Lipinski definition) is 0. The van der Waals surface area contributed by atoms with Gasteiger partial charge in [0.05, 0.1) is 10.3 Å². The fourth-order valence-electron chi connectivity index (χ4n) is 3.83. The molecule has 0 radical (unpaired) electrons. The van der Waals surface area contributed by atoms with Gasteiger partial charge < -0.3 is 0 Å². The van der Waals surface area contributed by atoms with Crippen LogP contribution in [0.4, 0.5) is 5.69 Å². The van der Waals surface area contributed by atoms with Gasteiger partial charge in [0.1, 0.15) is 16.4 Å². The van der Waals surface area contributed by atoms with Gasteiger partial charge in [-0.3, -0.25) is 24.3 Å². The van der Waals surface area contributed by atoms with Gasteiger partial charge in [-0.2, -0.15) is 0 Å². The van der Waals surface area contributed by atoms with E-state index in [9.17, 15) is 19.7 Å². The number of non-ortho nitro benzene ring substituents is 1. The lowest BCUT2D eigenvalue weighted by Crippen LogP contribution is -2.26. The number of carbonyl (C=O) groups is 1. The molecule has 3 aromatic rings. The molecule has 0 aliphatic heterocycles. The number of nitrogens with zero attached hydrogens (tertiary/aromatic N) is 3. The third-order valence-corrected chi connectivity index (χ3v) is 6.54. The van der Waals surface area contributed by atoms with Crippen molar-refractivity contribution in [3.05, 3.63) is 66.6 Å². The number of thiophene rings is 1. The summed E-state index contributed by atoms with van der Waals surface area (Å²) in [4.78, 5) is 42.2. The van der Waals surface area contributed by atoms with Crippen LogP contribution in [0.15, 0.2) is 29.1 Å². The van der Waals surface area contributed by atoms with Gasteiger partial charge in [0, 0.05) is 36.4 Å². The van der Waals surface area contributed by atoms with E-state index in [1.807, 2.05) is 0 Å². The zero-order chi connectivity index (χ0) is 20.5. The molecule has 0 fully saturated rings. The average molecular weight is 411 g/mol. The van der Waals surface area contributed by atoms with Crippen molar-refractivity contribution in [3.8, 4) is 0 Å². The summed E-state index contributed by atoms with van der Waals surface area (Å²) in [7, 11) is 0. The summed E-state index contributed by atoms with van der Waals surface area (Å²) in [5.74, 6) is 0.613. The molecule has 4 rings (SSSR count). The highest BCUT2D eigenvalue weighted by Gasteiger charge is 2.22. The van der Waals surface area contributed by atoms with Crippen molar-refractivity contribution in [3.63, 3.8) is 0 Å². The predicted molar refractivity (Wildman–Crippen MR) is 112 cm³/mol. The maximum Gasteiger partial charge on any atom is 0.269 e. The van der Waals surface area contributed by atoms with E-state index < -0.39 is 4.92 Å². The van der Waals surface area contributed by atoms with Gasteiger partial charge in [-0.15, -0.1) is 11.3 Å². The summed E-state index contributed by atoms with van der Waals surface area (Å²) >= 11 is 1.60. The summed E-state index contributed by atoms with van der Waals surface area (Å²) in [6.07, 6.45) is 4.75. The minimum Gasteiger partial charge on any atom is -0.300 e. The molecular weight excluding hydrogens is 390 g/mol. The molecule has 1 aromatic carbocycles. The van der Waals surface area contributed by atoms with E-state index in [0.717, 1.165) is 41.6 Å². The summed E-state index contributed by atoms with van der Waals surface area (Å²) in [5.41, 5.74) is 1.91. The fraction of sp³-hybridized carbons (Fsp3) is 0.381. The Kier molecular flexibility index (Phi) is 5.27. The number of carbonyl (C=O) groups excluding carboxylic acids is 1. The van der Waals surface area contributed by atoms with Gasteiger partial charge in [-0.25, -0.2) is 4.98 Å². The van der Waals surface area contributed by atoms with Crippen molar-refractivity contribution in [2.75, 3.05) is 0 Å². The normalized spacial score (nSPS) is 13.4. The number of rotatable bonds is 6. The minimum atomic E-state index is -0.437. The van der Waals surface area contributed by atoms with E-state index >= 15 is 0 Å². The number of nitro groups is 1. The van der Waals surface area contributed by atoms with Gasteiger partial charge in [0.25, 0.3) is 11.2 Å². The number of Topliss-reactive ketones (excluding diaryl/α,β-unsaturated/α-hetero) is 1. The molecule has 0 atom stereocenters. The molecule has 0 bridgehead atoms. The zero-order valence-electron chi connectivity index (χ0n) is 16.1. The molecule has 1 aliphatic rings. The van der Waals surface area contributed by atoms with Gasteiger partial charge in [0.2, 0.25) is 0 Å². The molecule has 150 valence electrons. The van der Waals surface area contributed by atoms with Gasteiger partial charge in [-0.05, 0) is 43.7 Å². The van der Waals surface area contributed by atoms with Crippen LogP contribution >= 0.6 is 11.3 Å². The highest BCUT2D eigenvalue weighted by atomic mass is 32.1. The Balaban J connectivity index is 1.80. The first-order valence-electron chi connectivity index (χ1n) is 9.71. The van der Waals surface area contributed by atoms with Crippen molar-refractivity contribution in [2.24, 2.45) is 0 Å². The van der Waals surface area contributed by atoms with Crippen molar-refractivity contribution in [1.82, 2.24) is 9.55 Å². The molecular formula is C21H21N3O4S.